The highest BCUT2D eigenvalue weighted by atomic mass is 16.5. The molecule has 33 heavy (non-hydrogen) atoms. The van der Waals surface area contributed by atoms with E-state index < -0.39 is 0 Å². The van der Waals surface area contributed by atoms with E-state index in [0.29, 0.717) is 22.7 Å². The molecule has 5 aromatic rings. The molecular weight excluding hydrogens is 418 g/mol. The Hall–Kier alpha value is -4.52. The molecule has 2 N–H and O–H groups in total. The van der Waals surface area contributed by atoms with Crippen LogP contribution in [0, 0.1) is 6.92 Å². The van der Waals surface area contributed by atoms with Crippen LogP contribution >= 0.6 is 0 Å². The summed E-state index contributed by atoms with van der Waals surface area (Å²) in [6.45, 7) is 1.97. The zero-order valence-corrected chi connectivity index (χ0v) is 18.1. The minimum absolute atomic E-state index is 0.0400. The van der Waals surface area contributed by atoms with Gasteiger partial charge in [0.05, 0.1) is 23.9 Å². The van der Waals surface area contributed by atoms with Gasteiger partial charge < -0.3 is 14.9 Å². The van der Waals surface area contributed by atoms with Crippen molar-refractivity contribution in [3.05, 3.63) is 95.7 Å². The number of carbonyl (C=O) groups is 1. The summed E-state index contributed by atoms with van der Waals surface area (Å²) in [6.07, 6.45) is 0. The monoisotopic (exact) mass is 439 g/mol. The van der Waals surface area contributed by atoms with Gasteiger partial charge in [0, 0.05) is 5.56 Å². The largest absolute Gasteiger partial charge is 0.495 e. The Kier molecular flexibility index (Phi) is 4.86. The van der Waals surface area contributed by atoms with Gasteiger partial charge in [0.1, 0.15) is 17.0 Å². The van der Waals surface area contributed by atoms with Crippen LogP contribution < -0.4 is 4.74 Å². The first-order valence-corrected chi connectivity index (χ1v) is 10.4. The molecule has 0 bridgehead atoms. The highest BCUT2D eigenvalue weighted by molar-refractivity contribution is 6.17. The topological polar surface area (TPSA) is 89.5 Å². The van der Waals surface area contributed by atoms with Crippen molar-refractivity contribution in [2.75, 3.05) is 7.11 Å². The van der Waals surface area contributed by atoms with Crippen molar-refractivity contribution in [3.63, 3.8) is 0 Å². The number of carbonyl (C=O) groups excluding carboxylic acids is 1. The lowest BCUT2D eigenvalue weighted by Gasteiger charge is -2.12. The highest BCUT2D eigenvalue weighted by Gasteiger charge is 2.30. The zero-order valence-electron chi connectivity index (χ0n) is 18.1. The Labute approximate surface area is 189 Å². The average molecular weight is 439 g/mol. The zero-order chi connectivity index (χ0) is 23.1. The number of methoxy groups -OCH3 is 1. The van der Waals surface area contributed by atoms with E-state index in [0.717, 1.165) is 5.56 Å². The maximum Gasteiger partial charge on any atom is 0.226 e. The molecule has 2 aromatic heterocycles. The molecule has 0 aliphatic heterocycles. The summed E-state index contributed by atoms with van der Waals surface area (Å²) < 4.78 is 8.16. The molecule has 0 atom stereocenters. The minimum atomic E-state index is -0.362. The number of ketones is 1. The second-order valence-corrected chi connectivity index (χ2v) is 7.67. The third-order valence-corrected chi connectivity index (χ3v) is 5.60. The Morgan fingerprint density at radius 3 is 2.24 bits per heavy atom. The quantitative estimate of drug-likeness (QED) is 0.385. The molecule has 5 rings (SSSR count). The Morgan fingerprint density at radius 1 is 0.879 bits per heavy atom. The van der Waals surface area contributed by atoms with Gasteiger partial charge >= 0.3 is 0 Å². The molecule has 3 aromatic carbocycles. The van der Waals surface area contributed by atoms with E-state index in [1.807, 2.05) is 37.3 Å². The van der Waals surface area contributed by atoms with Gasteiger partial charge in [0.2, 0.25) is 17.5 Å². The number of ether oxygens (including phenoxy) is 1. The average Bonchev–Trinajstić information content (AvgIpc) is 3.36. The second-order valence-electron chi connectivity index (χ2n) is 7.67. The molecular formula is C26H21N3O4. The van der Waals surface area contributed by atoms with Crippen molar-refractivity contribution in [2.24, 2.45) is 0 Å². The number of aryl methyl sites for hydroxylation is 1. The van der Waals surface area contributed by atoms with Crippen LogP contribution in [0.15, 0.2) is 78.9 Å². The maximum atomic E-state index is 13.4. The van der Waals surface area contributed by atoms with Gasteiger partial charge in [-0.15, -0.1) is 0 Å². The lowest BCUT2D eigenvalue weighted by molar-refractivity contribution is 0.103. The fourth-order valence-corrected chi connectivity index (χ4v) is 3.96. The molecule has 0 fully saturated rings. The molecule has 0 saturated carbocycles. The predicted octanol–water partition coefficient (Wildman–Crippen LogP) is 4.78. The van der Waals surface area contributed by atoms with Crippen molar-refractivity contribution in [1.82, 2.24) is 14.3 Å². The first kappa shape index (κ1) is 20.4. The smallest absolute Gasteiger partial charge is 0.226 e. The van der Waals surface area contributed by atoms with Gasteiger partial charge in [0.15, 0.2) is 0 Å². The van der Waals surface area contributed by atoms with Gasteiger partial charge in [-0.3, -0.25) is 4.79 Å². The summed E-state index contributed by atoms with van der Waals surface area (Å²) >= 11 is 0. The Morgan fingerprint density at radius 2 is 1.55 bits per heavy atom. The Balaban J connectivity index is 1.84. The number of benzene rings is 3. The van der Waals surface area contributed by atoms with Crippen LogP contribution in [0.4, 0.5) is 0 Å². The number of aromatic nitrogens is 3. The fourth-order valence-electron chi connectivity index (χ4n) is 3.96. The number of nitrogens with zero attached hydrogens (tertiary/aromatic N) is 3. The number of hydrogen-bond donors (Lipinski definition) is 2. The van der Waals surface area contributed by atoms with Gasteiger partial charge in [-0.25, -0.2) is 9.25 Å². The summed E-state index contributed by atoms with van der Waals surface area (Å²) in [6, 6.07) is 23.2. The van der Waals surface area contributed by atoms with E-state index in [4.69, 9.17) is 4.74 Å². The van der Waals surface area contributed by atoms with Crippen LogP contribution in [-0.2, 0) is 0 Å². The van der Waals surface area contributed by atoms with Crippen LogP contribution in [0.1, 0.15) is 21.6 Å². The van der Waals surface area contributed by atoms with Crippen molar-refractivity contribution in [1.29, 1.82) is 0 Å². The summed E-state index contributed by atoms with van der Waals surface area (Å²) in [5.74, 6) is -0.470. The van der Waals surface area contributed by atoms with Gasteiger partial charge in [0.25, 0.3) is 0 Å². The third-order valence-electron chi connectivity index (χ3n) is 5.60. The molecule has 0 amide bonds. The summed E-state index contributed by atoms with van der Waals surface area (Å²) in [4.78, 5) is 13.4. The summed E-state index contributed by atoms with van der Waals surface area (Å²) in [7, 11) is 1.51. The second kappa shape index (κ2) is 7.87. The molecule has 2 heterocycles. The predicted molar refractivity (Wildman–Crippen MR) is 125 cm³/mol. The van der Waals surface area contributed by atoms with Crippen molar-refractivity contribution in [2.45, 2.75) is 6.92 Å². The number of fused-ring (bicyclic) bond motifs is 1. The molecule has 0 aliphatic carbocycles. The van der Waals surface area contributed by atoms with E-state index in [-0.39, 0.29) is 34.1 Å². The first-order valence-electron chi connectivity index (χ1n) is 10.4. The van der Waals surface area contributed by atoms with E-state index in [9.17, 15) is 15.0 Å². The Bertz CT molecular complexity index is 1480. The standard InChI is InChI=1S/C26H21N3O4/c1-16-12-14-18(15-13-16)29-23-21(22(27-29)24(30)17-8-4-3-5-9-17)25(31)28(26(23)32)19-10-6-7-11-20(19)33-2/h3-15,31-32H,1-2H3. The highest BCUT2D eigenvalue weighted by Crippen LogP contribution is 2.44. The van der Waals surface area contributed by atoms with E-state index >= 15 is 0 Å². The van der Waals surface area contributed by atoms with Crippen LogP contribution in [0.3, 0.4) is 0 Å². The van der Waals surface area contributed by atoms with Crippen LogP contribution in [0.2, 0.25) is 0 Å². The SMILES string of the molecule is COc1ccccc1-n1c(O)c2c(C(=O)c3ccccc3)nn(-c3ccc(C)cc3)c2c1O. The van der Waals surface area contributed by atoms with Crippen molar-refractivity contribution < 1.29 is 19.7 Å². The van der Waals surface area contributed by atoms with Crippen LogP contribution in [0.5, 0.6) is 17.5 Å². The lowest BCUT2D eigenvalue weighted by Crippen LogP contribution is -2.06. The third kappa shape index (κ3) is 3.22. The van der Waals surface area contributed by atoms with Crippen molar-refractivity contribution >= 4 is 16.7 Å². The van der Waals surface area contributed by atoms with Gasteiger partial charge in [-0.1, -0.05) is 60.2 Å². The summed E-state index contributed by atoms with van der Waals surface area (Å²) in [5, 5.41) is 27.2. The number of para-hydroxylation sites is 2. The van der Waals surface area contributed by atoms with Crippen LogP contribution in [-0.4, -0.2) is 37.5 Å². The number of rotatable bonds is 5. The number of hydrogen-bond acceptors (Lipinski definition) is 5. The molecule has 0 radical (unpaired) electrons. The number of aromatic hydroxyl groups is 2. The van der Waals surface area contributed by atoms with E-state index in [1.165, 1.54) is 16.4 Å². The van der Waals surface area contributed by atoms with Gasteiger partial charge in [-0.05, 0) is 31.2 Å². The van der Waals surface area contributed by atoms with E-state index in [1.54, 1.807) is 48.5 Å². The molecule has 7 nitrogen and oxygen atoms in total. The molecule has 164 valence electrons. The molecule has 7 heteroatoms. The van der Waals surface area contributed by atoms with Gasteiger partial charge in [-0.2, -0.15) is 5.10 Å². The fraction of sp³-hybridized carbons (Fsp3) is 0.0769. The molecule has 0 unspecified atom stereocenters. The van der Waals surface area contributed by atoms with E-state index in [2.05, 4.69) is 5.10 Å². The molecule has 0 aliphatic rings. The van der Waals surface area contributed by atoms with Crippen LogP contribution in [0.25, 0.3) is 22.3 Å². The van der Waals surface area contributed by atoms with Crippen molar-refractivity contribution in [3.8, 4) is 28.9 Å². The lowest BCUT2D eigenvalue weighted by atomic mass is 10.1. The molecule has 0 saturated heterocycles. The molecule has 0 spiro atoms. The minimum Gasteiger partial charge on any atom is -0.495 e. The first-order chi connectivity index (χ1) is 16.0. The normalized spacial score (nSPS) is 11.1. The summed E-state index contributed by atoms with van der Waals surface area (Å²) in [5.41, 5.74) is 2.82. The maximum absolute atomic E-state index is 13.4.